The van der Waals surface area contributed by atoms with Gasteiger partial charge >= 0.3 is 0 Å². The van der Waals surface area contributed by atoms with Crippen LogP contribution in [-0.4, -0.2) is 33.8 Å². The number of rotatable bonds is 5. The third kappa shape index (κ3) is 3.88. The van der Waals surface area contributed by atoms with Crippen molar-refractivity contribution in [2.24, 2.45) is 0 Å². The van der Waals surface area contributed by atoms with Crippen LogP contribution in [0.3, 0.4) is 0 Å². The second-order valence-electron chi connectivity index (χ2n) is 7.38. The molecule has 0 saturated heterocycles. The minimum atomic E-state index is -3.51. The van der Waals surface area contributed by atoms with Crippen molar-refractivity contribution in [1.82, 2.24) is 20.2 Å². The van der Waals surface area contributed by atoms with Crippen LogP contribution in [-0.2, 0) is 9.84 Å². The van der Waals surface area contributed by atoms with Crippen molar-refractivity contribution in [3.63, 3.8) is 0 Å². The number of sulfone groups is 1. The van der Waals surface area contributed by atoms with Gasteiger partial charge in [0, 0.05) is 12.6 Å². The van der Waals surface area contributed by atoms with E-state index in [0.717, 1.165) is 5.56 Å². The molecule has 32 heavy (non-hydrogen) atoms. The highest BCUT2D eigenvalue weighted by atomic mass is 32.2. The van der Waals surface area contributed by atoms with E-state index in [1.165, 1.54) is 18.3 Å². The summed E-state index contributed by atoms with van der Waals surface area (Å²) in [4.78, 5) is 9.06. The van der Waals surface area contributed by atoms with E-state index in [1.807, 2.05) is 30.3 Å². The maximum absolute atomic E-state index is 12.5. The van der Waals surface area contributed by atoms with Crippen LogP contribution in [0.4, 0.5) is 0 Å². The lowest BCUT2D eigenvalue weighted by Crippen LogP contribution is -2.14. The zero-order valence-corrected chi connectivity index (χ0v) is 18.5. The lowest BCUT2D eigenvalue weighted by atomic mass is 10.1. The fourth-order valence-corrected chi connectivity index (χ4v) is 4.17. The van der Waals surface area contributed by atoms with Crippen molar-refractivity contribution in [3.05, 3.63) is 66.0 Å². The van der Waals surface area contributed by atoms with E-state index in [4.69, 9.17) is 4.42 Å². The van der Waals surface area contributed by atoms with E-state index in [2.05, 4.69) is 26.2 Å². The molecule has 0 unspecified atom stereocenters. The van der Waals surface area contributed by atoms with Crippen LogP contribution < -0.4 is 0 Å². The Morgan fingerprint density at radius 3 is 2.47 bits per heavy atom. The third-order valence-corrected chi connectivity index (χ3v) is 7.09. The maximum Gasteiger partial charge on any atom is 0.268 e. The molecule has 0 bridgehead atoms. The fraction of sp³-hybridized carbons (Fsp3) is 0.174. The number of nitrogens with zero attached hydrogens (tertiary/aromatic N) is 5. The molecule has 4 rings (SSSR count). The van der Waals surface area contributed by atoms with Gasteiger partial charge in [0.05, 0.1) is 39.4 Å². The summed E-state index contributed by atoms with van der Waals surface area (Å²) in [5.41, 5.74) is 2.80. The molecule has 2 heterocycles. The Hall–Kier alpha value is -3.90. The van der Waals surface area contributed by atoms with Gasteiger partial charge in [-0.2, -0.15) is 5.26 Å². The van der Waals surface area contributed by atoms with Crippen LogP contribution in [0.15, 0.2) is 64.0 Å². The molecule has 0 spiro atoms. The molecule has 0 aliphatic rings. The normalized spacial score (nSPS) is 11.5. The van der Waals surface area contributed by atoms with E-state index in [-0.39, 0.29) is 17.8 Å². The molecule has 0 saturated carbocycles. The minimum Gasteiger partial charge on any atom is -0.415 e. The predicted octanol–water partition coefficient (Wildman–Crippen LogP) is 4.47. The first kappa shape index (κ1) is 21.3. The largest absolute Gasteiger partial charge is 0.415 e. The highest BCUT2D eigenvalue weighted by molar-refractivity contribution is 7.92. The first-order valence-corrected chi connectivity index (χ1v) is 11.4. The first-order chi connectivity index (χ1) is 15.3. The molecule has 9 heteroatoms. The summed E-state index contributed by atoms with van der Waals surface area (Å²) in [6.07, 6.45) is 1.53. The Bertz CT molecular complexity index is 1440. The van der Waals surface area contributed by atoms with E-state index in [1.54, 1.807) is 26.8 Å². The number of hydrogen-bond donors (Lipinski definition) is 0. The van der Waals surface area contributed by atoms with Gasteiger partial charge in [0.1, 0.15) is 5.69 Å². The number of aryl methyl sites for hydroxylation is 1. The Balaban J connectivity index is 0.00000306. The van der Waals surface area contributed by atoms with Crippen LogP contribution >= 0.6 is 0 Å². The zero-order chi connectivity index (χ0) is 22.9. The monoisotopic (exact) mass is 447 g/mol. The Morgan fingerprint density at radius 2 is 1.78 bits per heavy atom. The Kier molecular flexibility index (Phi) is 5.55. The number of hydrogen-bond acceptors (Lipinski definition) is 8. The van der Waals surface area contributed by atoms with Crippen LogP contribution in [0.25, 0.3) is 34.3 Å². The Morgan fingerprint density at radius 1 is 1.06 bits per heavy atom. The molecule has 2 aromatic carbocycles. The van der Waals surface area contributed by atoms with Gasteiger partial charge in [-0.25, -0.2) is 13.4 Å². The molecule has 0 N–H and O–H groups in total. The van der Waals surface area contributed by atoms with Crippen molar-refractivity contribution < 1.29 is 14.3 Å². The molecule has 0 atom stereocenters. The third-order valence-electron chi connectivity index (χ3n) is 4.94. The highest BCUT2D eigenvalue weighted by Gasteiger charge is 2.22. The smallest absolute Gasteiger partial charge is 0.268 e. The summed E-state index contributed by atoms with van der Waals surface area (Å²) in [5, 5.41) is 17.2. The van der Waals surface area contributed by atoms with Crippen LogP contribution in [0, 0.1) is 18.3 Å². The van der Waals surface area contributed by atoms with Crippen LogP contribution in [0.2, 0.25) is 0 Å². The summed E-state index contributed by atoms with van der Waals surface area (Å²) in [7, 11) is -3.51. The molecule has 8 nitrogen and oxygen atoms in total. The molecule has 2 aromatic heterocycles. The summed E-state index contributed by atoms with van der Waals surface area (Å²) in [6.45, 7) is 4.96. The Labute approximate surface area is 187 Å². The van der Waals surface area contributed by atoms with Gasteiger partial charge in [-0.15, -0.1) is 10.2 Å². The molecule has 162 valence electrons. The topological polar surface area (TPSA) is 123 Å². The van der Waals surface area contributed by atoms with Crippen LogP contribution in [0.5, 0.6) is 0 Å². The molecule has 0 aliphatic carbocycles. The van der Waals surface area contributed by atoms with Crippen molar-refractivity contribution in [3.8, 4) is 40.4 Å². The van der Waals surface area contributed by atoms with Gasteiger partial charge in [-0.05, 0) is 45.0 Å². The lowest BCUT2D eigenvalue weighted by Gasteiger charge is -2.11. The number of aromatic nitrogens is 4. The summed E-state index contributed by atoms with van der Waals surface area (Å²) >= 11 is 0. The highest BCUT2D eigenvalue weighted by Crippen LogP contribution is 2.29. The SMILES string of the molecule is Cc1ncc(-c2ccc(S(=O)(=O)C(C)C)cc2C#N)nc1-c1nnc(-c2ccccc2)o1.[HH]. The second kappa shape index (κ2) is 8.32. The molecule has 0 fully saturated rings. The van der Waals surface area contributed by atoms with E-state index in [9.17, 15) is 13.7 Å². The van der Waals surface area contributed by atoms with Gasteiger partial charge in [0.25, 0.3) is 5.89 Å². The van der Waals surface area contributed by atoms with Crippen molar-refractivity contribution >= 4 is 9.84 Å². The summed E-state index contributed by atoms with van der Waals surface area (Å²) in [5.74, 6) is 0.557. The molecular formula is C23H21N5O3S. The summed E-state index contributed by atoms with van der Waals surface area (Å²) < 4.78 is 30.8. The average Bonchev–Trinajstić information content (AvgIpc) is 3.29. The maximum atomic E-state index is 12.5. The summed E-state index contributed by atoms with van der Waals surface area (Å²) in [6, 6.07) is 15.8. The van der Waals surface area contributed by atoms with Gasteiger partial charge in [-0.3, -0.25) is 4.98 Å². The number of benzene rings is 2. The van der Waals surface area contributed by atoms with Crippen LogP contribution in [0.1, 0.15) is 26.5 Å². The molecule has 0 aliphatic heterocycles. The average molecular weight is 448 g/mol. The van der Waals surface area contributed by atoms with Gasteiger partial charge < -0.3 is 4.42 Å². The molecule has 0 amide bonds. The number of nitriles is 1. The second-order valence-corrected chi connectivity index (χ2v) is 9.88. The minimum absolute atomic E-state index is 0. The van der Waals surface area contributed by atoms with Gasteiger partial charge in [-0.1, -0.05) is 24.3 Å². The lowest BCUT2D eigenvalue weighted by molar-refractivity contribution is 0.581. The van der Waals surface area contributed by atoms with Crippen molar-refractivity contribution in [1.29, 1.82) is 5.26 Å². The van der Waals surface area contributed by atoms with E-state index in [0.29, 0.717) is 28.5 Å². The van der Waals surface area contributed by atoms with Gasteiger partial charge in [0.2, 0.25) is 5.89 Å². The fourth-order valence-electron chi connectivity index (χ4n) is 3.09. The van der Waals surface area contributed by atoms with Crippen molar-refractivity contribution in [2.45, 2.75) is 30.9 Å². The molecule has 4 aromatic rings. The van der Waals surface area contributed by atoms with Crippen molar-refractivity contribution in [2.75, 3.05) is 0 Å². The molecular weight excluding hydrogens is 426 g/mol. The van der Waals surface area contributed by atoms with Gasteiger partial charge in [0.15, 0.2) is 9.84 Å². The van der Waals surface area contributed by atoms with E-state index < -0.39 is 15.1 Å². The predicted molar refractivity (Wildman–Crippen MR) is 120 cm³/mol. The van der Waals surface area contributed by atoms with E-state index >= 15 is 0 Å². The quantitative estimate of drug-likeness (QED) is 0.439. The zero-order valence-electron chi connectivity index (χ0n) is 17.6. The standard InChI is InChI=1S/C23H19N5O3S.H2/c1-14(2)32(29,30)18-9-10-19(17(11-18)12-24)20-13-25-15(3)21(26-20)23-28-27-22(31-23)16-7-5-4-6-8-16;/h4-11,13-14H,1-3H3;1H. The molecule has 0 radical (unpaired) electrons. The first-order valence-electron chi connectivity index (χ1n) is 9.82.